The predicted molar refractivity (Wildman–Crippen MR) is 81.3 cm³/mol. The van der Waals surface area contributed by atoms with E-state index in [9.17, 15) is 5.11 Å². The van der Waals surface area contributed by atoms with Gasteiger partial charge in [-0.2, -0.15) is 0 Å². The van der Waals surface area contributed by atoms with Crippen LogP contribution in [0.2, 0.25) is 0 Å². The second-order valence-corrected chi connectivity index (χ2v) is 5.83. The summed E-state index contributed by atoms with van der Waals surface area (Å²) in [6, 6.07) is 18.1. The van der Waals surface area contributed by atoms with Gasteiger partial charge in [0.05, 0.1) is 12.1 Å². The molecule has 100 valence electrons. The molecule has 2 nitrogen and oxygen atoms in total. The molecule has 0 radical (unpaired) electrons. The maximum atomic E-state index is 9.63. The fourth-order valence-electron chi connectivity index (χ4n) is 1.91. The summed E-state index contributed by atoms with van der Waals surface area (Å²) in [4.78, 5) is 1.18. The number of aryl methyl sites for hydroxylation is 1. The van der Waals surface area contributed by atoms with Gasteiger partial charge in [-0.3, -0.25) is 0 Å². The molecular formula is C16H19NOS. The van der Waals surface area contributed by atoms with Crippen LogP contribution in [0.15, 0.2) is 59.5 Å². The van der Waals surface area contributed by atoms with E-state index in [-0.39, 0.29) is 6.61 Å². The molecule has 0 saturated carbocycles. The summed E-state index contributed by atoms with van der Waals surface area (Å²) in [5.41, 5.74) is 7.84. The van der Waals surface area contributed by atoms with Gasteiger partial charge in [-0.1, -0.05) is 48.0 Å². The smallest absolute Gasteiger partial charge is 0.0739 e. The van der Waals surface area contributed by atoms with Crippen LogP contribution in [-0.4, -0.2) is 17.5 Å². The van der Waals surface area contributed by atoms with Crippen LogP contribution in [0.4, 0.5) is 0 Å². The average molecular weight is 273 g/mol. The van der Waals surface area contributed by atoms with E-state index in [0.717, 1.165) is 5.56 Å². The van der Waals surface area contributed by atoms with Crippen molar-refractivity contribution in [2.75, 3.05) is 12.4 Å². The van der Waals surface area contributed by atoms with Crippen LogP contribution in [0.25, 0.3) is 0 Å². The van der Waals surface area contributed by atoms with Crippen molar-refractivity contribution in [2.45, 2.75) is 17.4 Å². The fraction of sp³-hybridized carbons (Fsp3) is 0.250. The Morgan fingerprint density at radius 2 is 1.84 bits per heavy atom. The fourth-order valence-corrected chi connectivity index (χ4v) is 3.03. The predicted octanol–water partition coefficient (Wildman–Crippen LogP) is 2.93. The van der Waals surface area contributed by atoms with Crippen LogP contribution in [-0.2, 0) is 5.54 Å². The standard InChI is InChI=1S/C16H19NOS/c1-13-6-5-9-15(10-13)19-12-16(17,11-18)14-7-3-2-4-8-14/h2-10,18H,11-12,17H2,1H3. The van der Waals surface area contributed by atoms with Gasteiger partial charge >= 0.3 is 0 Å². The van der Waals surface area contributed by atoms with E-state index in [0.29, 0.717) is 5.75 Å². The van der Waals surface area contributed by atoms with E-state index < -0.39 is 5.54 Å². The average Bonchev–Trinajstić information content (AvgIpc) is 2.46. The second kappa shape index (κ2) is 6.24. The molecule has 2 aromatic rings. The summed E-state index contributed by atoms with van der Waals surface area (Å²) in [6.45, 7) is 2.01. The number of hydrogen-bond acceptors (Lipinski definition) is 3. The van der Waals surface area contributed by atoms with Gasteiger partial charge in [0.15, 0.2) is 0 Å². The third-order valence-corrected chi connectivity index (χ3v) is 4.36. The van der Waals surface area contributed by atoms with E-state index in [1.54, 1.807) is 11.8 Å². The van der Waals surface area contributed by atoms with Crippen molar-refractivity contribution in [3.63, 3.8) is 0 Å². The Kier molecular flexibility index (Phi) is 4.64. The van der Waals surface area contributed by atoms with Crippen LogP contribution >= 0.6 is 11.8 Å². The van der Waals surface area contributed by atoms with Gasteiger partial charge in [-0.25, -0.2) is 0 Å². The first-order valence-electron chi connectivity index (χ1n) is 6.29. The zero-order chi connectivity index (χ0) is 13.7. The van der Waals surface area contributed by atoms with Crippen molar-refractivity contribution in [1.82, 2.24) is 0 Å². The molecule has 0 aliphatic carbocycles. The van der Waals surface area contributed by atoms with Crippen LogP contribution in [0.5, 0.6) is 0 Å². The molecule has 0 aromatic heterocycles. The van der Waals surface area contributed by atoms with Crippen molar-refractivity contribution in [1.29, 1.82) is 0 Å². The molecule has 0 heterocycles. The number of hydrogen-bond donors (Lipinski definition) is 2. The highest BCUT2D eigenvalue weighted by Gasteiger charge is 2.26. The first kappa shape index (κ1) is 14.1. The van der Waals surface area contributed by atoms with Gasteiger partial charge in [-0.05, 0) is 24.6 Å². The van der Waals surface area contributed by atoms with Crippen LogP contribution in [0, 0.1) is 6.92 Å². The summed E-state index contributed by atoms with van der Waals surface area (Å²) in [5, 5.41) is 9.63. The SMILES string of the molecule is Cc1cccc(SCC(N)(CO)c2ccccc2)c1. The van der Waals surface area contributed by atoms with E-state index in [2.05, 4.69) is 25.1 Å². The van der Waals surface area contributed by atoms with Gasteiger partial charge in [0, 0.05) is 10.6 Å². The third kappa shape index (κ3) is 3.60. The Labute approximate surface area is 118 Å². The maximum absolute atomic E-state index is 9.63. The number of thioether (sulfide) groups is 1. The molecule has 3 heteroatoms. The molecule has 0 amide bonds. The number of nitrogens with two attached hydrogens (primary N) is 1. The molecule has 0 spiro atoms. The molecule has 2 aromatic carbocycles. The number of aliphatic hydroxyl groups is 1. The van der Waals surface area contributed by atoms with Crippen LogP contribution in [0.3, 0.4) is 0 Å². The lowest BCUT2D eigenvalue weighted by Gasteiger charge is -2.27. The first-order chi connectivity index (χ1) is 9.14. The number of benzene rings is 2. The minimum atomic E-state index is -0.699. The third-order valence-electron chi connectivity index (χ3n) is 3.12. The van der Waals surface area contributed by atoms with E-state index in [1.807, 2.05) is 36.4 Å². The maximum Gasteiger partial charge on any atom is 0.0739 e. The largest absolute Gasteiger partial charge is 0.394 e. The molecule has 0 saturated heterocycles. The van der Waals surface area contributed by atoms with Crippen molar-refractivity contribution < 1.29 is 5.11 Å². The van der Waals surface area contributed by atoms with Crippen molar-refractivity contribution in [3.8, 4) is 0 Å². The molecule has 1 atom stereocenters. The van der Waals surface area contributed by atoms with E-state index in [4.69, 9.17) is 5.73 Å². The number of rotatable bonds is 5. The van der Waals surface area contributed by atoms with Crippen LogP contribution in [0.1, 0.15) is 11.1 Å². The van der Waals surface area contributed by atoms with Gasteiger partial charge in [-0.15, -0.1) is 11.8 Å². The van der Waals surface area contributed by atoms with Crippen molar-refractivity contribution >= 4 is 11.8 Å². The summed E-state index contributed by atoms with van der Waals surface area (Å²) in [5.74, 6) is 0.650. The molecule has 1 unspecified atom stereocenters. The Bertz CT molecular complexity index is 529. The van der Waals surface area contributed by atoms with E-state index >= 15 is 0 Å². The van der Waals surface area contributed by atoms with Gasteiger partial charge in [0.1, 0.15) is 0 Å². The van der Waals surface area contributed by atoms with Crippen molar-refractivity contribution in [3.05, 3.63) is 65.7 Å². The minimum absolute atomic E-state index is 0.0597. The zero-order valence-corrected chi connectivity index (χ0v) is 11.9. The molecule has 2 rings (SSSR count). The lowest BCUT2D eigenvalue weighted by atomic mass is 9.94. The van der Waals surface area contributed by atoms with Gasteiger partial charge < -0.3 is 10.8 Å². The highest BCUT2D eigenvalue weighted by atomic mass is 32.2. The first-order valence-corrected chi connectivity index (χ1v) is 7.27. The summed E-state index contributed by atoms with van der Waals surface area (Å²) >= 11 is 1.68. The van der Waals surface area contributed by atoms with Crippen LogP contribution < -0.4 is 5.73 Å². The molecule has 0 aliphatic rings. The number of aliphatic hydroxyl groups excluding tert-OH is 1. The molecule has 19 heavy (non-hydrogen) atoms. The Hall–Kier alpha value is -1.29. The van der Waals surface area contributed by atoms with E-state index in [1.165, 1.54) is 10.5 Å². The Morgan fingerprint density at radius 3 is 2.47 bits per heavy atom. The molecule has 0 bridgehead atoms. The summed E-state index contributed by atoms with van der Waals surface area (Å²) < 4.78 is 0. The second-order valence-electron chi connectivity index (χ2n) is 4.79. The molecule has 0 aliphatic heterocycles. The molecular weight excluding hydrogens is 254 g/mol. The summed E-state index contributed by atoms with van der Waals surface area (Å²) in [7, 11) is 0. The topological polar surface area (TPSA) is 46.2 Å². The summed E-state index contributed by atoms with van der Waals surface area (Å²) in [6.07, 6.45) is 0. The van der Waals surface area contributed by atoms with Gasteiger partial charge in [0.25, 0.3) is 0 Å². The quantitative estimate of drug-likeness (QED) is 0.823. The highest BCUT2D eigenvalue weighted by molar-refractivity contribution is 7.99. The lowest BCUT2D eigenvalue weighted by Crippen LogP contribution is -2.43. The zero-order valence-electron chi connectivity index (χ0n) is 11.0. The monoisotopic (exact) mass is 273 g/mol. The normalized spacial score (nSPS) is 14.1. The minimum Gasteiger partial charge on any atom is -0.394 e. The Morgan fingerprint density at radius 1 is 1.11 bits per heavy atom. The molecule has 0 fully saturated rings. The lowest BCUT2D eigenvalue weighted by molar-refractivity contribution is 0.213. The molecule has 3 N–H and O–H groups in total. The highest BCUT2D eigenvalue weighted by Crippen LogP contribution is 2.28. The Balaban J connectivity index is 2.11. The van der Waals surface area contributed by atoms with Gasteiger partial charge in [0.2, 0.25) is 0 Å². The van der Waals surface area contributed by atoms with Crippen molar-refractivity contribution in [2.24, 2.45) is 5.73 Å².